The Labute approximate surface area is 74.3 Å². The molecule has 0 fully saturated rings. The fourth-order valence-corrected chi connectivity index (χ4v) is 0.964. The predicted octanol–water partition coefficient (Wildman–Crippen LogP) is 2.26. The van der Waals surface area contributed by atoms with Gasteiger partial charge in [-0.1, -0.05) is 42.5 Å². The number of rotatable bonds is 3. The Morgan fingerprint density at radius 2 is 1.83 bits per heavy atom. The molecule has 1 rings (SSSR count). The van der Waals surface area contributed by atoms with Gasteiger partial charge in [0.25, 0.3) is 0 Å². The second-order valence-electron chi connectivity index (χ2n) is 3.08. The molecule has 1 heteroatoms. The van der Waals surface area contributed by atoms with Crippen LogP contribution in [0.25, 0.3) is 6.08 Å². The predicted molar refractivity (Wildman–Crippen MR) is 54.0 cm³/mol. The van der Waals surface area contributed by atoms with E-state index in [1.165, 1.54) is 5.56 Å². The van der Waals surface area contributed by atoms with E-state index in [4.69, 9.17) is 0 Å². The zero-order valence-corrected chi connectivity index (χ0v) is 7.70. The second-order valence-corrected chi connectivity index (χ2v) is 3.08. The minimum atomic E-state index is 0.995. The van der Waals surface area contributed by atoms with Gasteiger partial charge in [0.2, 0.25) is 0 Å². The smallest absolute Gasteiger partial charge is 0.0160 e. The molecule has 0 atom stereocenters. The van der Waals surface area contributed by atoms with Gasteiger partial charge in [0, 0.05) is 6.54 Å². The molecular weight excluding hydrogens is 146 g/mol. The number of hydrogen-bond donors (Lipinski definition) is 0. The van der Waals surface area contributed by atoms with Gasteiger partial charge in [0.1, 0.15) is 0 Å². The number of nitrogens with zero attached hydrogens (tertiary/aromatic N) is 1. The van der Waals surface area contributed by atoms with Gasteiger partial charge in [-0.2, -0.15) is 0 Å². The van der Waals surface area contributed by atoms with Crippen LogP contribution in [0.4, 0.5) is 0 Å². The zero-order chi connectivity index (χ0) is 8.81. The molecule has 0 radical (unpaired) electrons. The standard InChI is InChI=1S/C11H15N/c1-12(2)10-6-9-11-7-4-3-5-8-11/h3-9H,10H2,1-2H3. The van der Waals surface area contributed by atoms with E-state index in [0.717, 1.165) is 6.54 Å². The van der Waals surface area contributed by atoms with Crippen molar-refractivity contribution in [3.05, 3.63) is 42.0 Å². The SMILES string of the molecule is CN(C)CC=Cc1ccccc1. The largest absolute Gasteiger partial charge is 0.306 e. The Morgan fingerprint density at radius 1 is 1.17 bits per heavy atom. The van der Waals surface area contributed by atoms with E-state index >= 15 is 0 Å². The first kappa shape index (κ1) is 9.01. The maximum absolute atomic E-state index is 2.16. The van der Waals surface area contributed by atoms with Crippen molar-refractivity contribution in [2.24, 2.45) is 0 Å². The van der Waals surface area contributed by atoms with Crippen LogP contribution in [0.15, 0.2) is 36.4 Å². The van der Waals surface area contributed by atoms with Crippen LogP contribution >= 0.6 is 0 Å². The lowest BCUT2D eigenvalue weighted by molar-refractivity contribution is 0.457. The lowest BCUT2D eigenvalue weighted by atomic mass is 10.2. The summed E-state index contributed by atoms with van der Waals surface area (Å²) in [6.45, 7) is 0.995. The van der Waals surface area contributed by atoms with Crippen LogP contribution in [0.1, 0.15) is 5.56 Å². The van der Waals surface area contributed by atoms with Gasteiger partial charge in [-0.3, -0.25) is 0 Å². The van der Waals surface area contributed by atoms with Crippen molar-refractivity contribution in [3.63, 3.8) is 0 Å². The van der Waals surface area contributed by atoms with Gasteiger partial charge in [0.15, 0.2) is 0 Å². The van der Waals surface area contributed by atoms with Gasteiger partial charge in [0.05, 0.1) is 0 Å². The third kappa shape index (κ3) is 3.35. The summed E-state index contributed by atoms with van der Waals surface area (Å²) in [5.41, 5.74) is 1.26. The molecule has 1 aromatic rings. The van der Waals surface area contributed by atoms with Crippen molar-refractivity contribution < 1.29 is 0 Å². The molecule has 0 saturated heterocycles. The summed E-state index contributed by atoms with van der Waals surface area (Å²) in [5, 5.41) is 0. The molecule has 0 heterocycles. The highest BCUT2D eigenvalue weighted by Crippen LogP contribution is 2.00. The van der Waals surface area contributed by atoms with Crippen molar-refractivity contribution in [1.29, 1.82) is 0 Å². The molecule has 0 aliphatic heterocycles. The lowest BCUT2D eigenvalue weighted by Gasteiger charge is -2.03. The molecule has 0 saturated carbocycles. The number of benzene rings is 1. The van der Waals surface area contributed by atoms with Crippen LogP contribution in [0.2, 0.25) is 0 Å². The van der Waals surface area contributed by atoms with Gasteiger partial charge in [-0.25, -0.2) is 0 Å². The monoisotopic (exact) mass is 161 g/mol. The summed E-state index contributed by atoms with van der Waals surface area (Å²) >= 11 is 0. The molecule has 0 amide bonds. The molecule has 64 valence electrons. The van der Waals surface area contributed by atoms with Crippen LogP contribution in [-0.2, 0) is 0 Å². The molecule has 0 aromatic heterocycles. The highest BCUT2D eigenvalue weighted by molar-refractivity contribution is 5.48. The molecular formula is C11H15N. The highest BCUT2D eigenvalue weighted by Gasteiger charge is 1.83. The maximum Gasteiger partial charge on any atom is 0.0160 e. The van der Waals surface area contributed by atoms with E-state index in [-0.39, 0.29) is 0 Å². The molecule has 1 aromatic carbocycles. The van der Waals surface area contributed by atoms with Gasteiger partial charge in [-0.15, -0.1) is 0 Å². The minimum absolute atomic E-state index is 0.995. The van der Waals surface area contributed by atoms with E-state index < -0.39 is 0 Å². The maximum atomic E-state index is 2.16. The van der Waals surface area contributed by atoms with Gasteiger partial charge in [-0.05, 0) is 19.7 Å². The molecule has 0 spiro atoms. The van der Waals surface area contributed by atoms with Crippen LogP contribution in [0.3, 0.4) is 0 Å². The summed E-state index contributed by atoms with van der Waals surface area (Å²) in [4.78, 5) is 2.14. The zero-order valence-electron chi connectivity index (χ0n) is 7.70. The van der Waals surface area contributed by atoms with Crippen molar-refractivity contribution in [3.8, 4) is 0 Å². The van der Waals surface area contributed by atoms with Crippen LogP contribution < -0.4 is 0 Å². The molecule has 0 N–H and O–H groups in total. The first-order valence-corrected chi connectivity index (χ1v) is 4.15. The first-order valence-electron chi connectivity index (χ1n) is 4.15. The van der Waals surface area contributed by atoms with Crippen LogP contribution in [0, 0.1) is 0 Å². The normalized spacial score (nSPS) is 11.2. The molecule has 0 aliphatic rings. The molecule has 1 nitrogen and oxygen atoms in total. The summed E-state index contributed by atoms with van der Waals surface area (Å²) in [6.07, 6.45) is 4.30. The molecule has 0 aliphatic carbocycles. The summed E-state index contributed by atoms with van der Waals surface area (Å²) < 4.78 is 0. The Balaban J connectivity index is 2.47. The number of hydrogen-bond acceptors (Lipinski definition) is 1. The van der Waals surface area contributed by atoms with E-state index in [9.17, 15) is 0 Å². The van der Waals surface area contributed by atoms with Crippen LogP contribution in [-0.4, -0.2) is 25.5 Å². The van der Waals surface area contributed by atoms with Crippen molar-refractivity contribution in [1.82, 2.24) is 4.90 Å². The fourth-order valence-electron chi connectivity index (χ4n) is 0.964. The highest BCUT2D eigenvalue weighted by atomic mass is 15.0. The average molecular weight is 161 g/mol. The third-order valence-electron chi connectivity index (χ3n) is 1.58. The topological polar surface area (TPSA) is 3.24 Å². The molecule has 12 heavy (non-hydrogen) atoms. The Kier molecular flexibility index (Phi) is 3.55. The Hall–Kier alpha value is -1.08. The third-order valence-corrected chi connectivity index (χ3v) is 1.58. The lowest BCUT2D eigenvalue weighted by Crippen LogP contribution is -2.10. The van der Waals surface area contributed by atoms with E-state index in [1.54, 1.807) is 0 Å². The minimum Gasteiger partial charge on any atom is -0.306 e. The Bertz CT molecular complexity index is 236. The quantitative estimate of drug-likeness (QED) is 0.657. The fraction of sp³-hybridized carbons (Fsp3) is 0.273. The summed E-state index contributed by atoms with van der Waals surface area (Å²) in [5.74, 6) is 0. The van der Waals surface area contributed by atoms with E-state index in [2.05, 4.69) is 55.4 Å². The average Bonchev–Trinajstić information content (AvgIpc) is 2.05. The Morgan fingerprint density at radius 3 is 2.42 bits per heavy atom. The summed E-state index contributed by atoms with van der Waals surface area (Å²) in [6, 6.07) is 10.3. The van der Waals surface area contributed by atoms with Gasteiger partial charge < -0.3 is 4.90 Å². The van der Waals surface area contributed by atoms with Crippen LogP contribution in [0.5, 0.6) is 0 Å². The van der Waals surface area contributed by atoms with Crippen molar-refractivity contribution >= 4 is 6.08 Å². The van der Waals surface area contributed by atoms with E-state index in [0.29, 0.717) is 0 Å². The summed E-state index contributed by atoms with van der Waals surface area (Å²) in [7, 11) is 4.13. The van der Waals surface area contributed by atoms with E-state index in [1.807, 2.05) is 6.07 Å². The van der Waals surface area contributed by atoms with Crippen molar-refractivity contribution in [2.75, 3.05) is 20.6 Å². The van der Waals surface area contributed by atoms with Crippen molar-refractivity contribution in [2.45, 2.75) is 0 Å². The second kappa shape index (κ2) is 4.73. The molecule has 0 unspecified atom stereocenters. The van der Waals surface area contributed by atoms with Gasteiger partial charge >= 0.3 is 0 Å². The number of likely N-dealkylation sites (N-methyl/N-ethyl adjacent to an activating group) is 1. The molecule has 0 bridgehead atoms. The first-order chi connectivity index (χ1) is 5.79.